The predicted molar refractivity (Wildman–Crippen MR) is 101 cm³/mol. The molecule has 0 atom stereocenters. The van der Waals surface area contributed by atoms with E-state index in [2.05, 4.69) is 15.2 Å². The van der Waals surface area contributed by atoms with E-state index in [9.17, 15) is 14.9 Å². The van der Waals surface area contributed by atoms with Gasteiger partial charge in [-0.2, -0.15) is 0 Å². The number of hydrogen-bond donors (Lipinski definition) is 1. The van der Waals surface area contributed by atoms with E-state index >= 15 is 0 Å². The third-order valence-corrected chi connectivity index (χ3v) is 5.16. The number of hydrogen-bond acceptors (Lipinski definition) is 6. The second kappa shape index (κ2) is 8.66. The number of carbonyl (C=O) groups excluding carboxylic acids is 1. The van der Waals surface area contributed by atoms with Crippen LogP contribution < -0.4 is 10.2 Å². The monoisotopic (exact) mass is 372 g/mol. The number of rotatable bonds is 7. The topological polar surface area (TPSA) is 88.4 Å². The summed E-state index contributed by atoms with van der Waals surface area (Å²) in [5, 5.41) is 13.5. The van der Waals surface area contributed by atoms with Crippen molar-refractivity contribution in [2.24, 2.45) is 0 Å². The number of nitro groups is 1. The molecule has 1 saturated heterocycles. The van der Waals surface area contributed by atoms with Gasteiger partial charge >= 0.3 is 0 Å². The third-order valence-electron chi connectivity index (χ3n) is 4.15. The third kappa shape index (κ3) is 4.95. The van der Waals surface area contributed by atoms with Gasteiger partial charge in [0, 0.05) is 42.9 Å². The van der Waals surface area contributed by atoms with E-state index in [1.54, 1.807) is 18.3 Å². The van der Waals surface area contributed by atoms with Crippen molar-refractivity contribution in [3.63, 3.8) is 0 Å². The molecule has 136 valence electrons. The summed E-state index contributed by atoms with van der Waals surface area (Å²) in [6, 6.07) is 10.1. The first kappa shape index (κ1) is 18.2. The molecule has 2 aromatic rings. The summed E-state index contributed by atoms with van der Waals surface area (Å²) in [4.78, 5) is 29.7. The first-order chi connectivity index (χ1) is 12.6. The lowest BCUT2D eigenvalue weighted by atomic mass is 10.2. The van der Waals surface area contributed by atoms with Gasteiger partial charge in [-0.3, -0.25) is 14.9 Å². The van der Waals surface area contributed by atoms with Crippen molar-refractivity contribution in [1.29, 1.82) is 0 Å². The van der Waals surface area contributed by atoms with Crippen LogP contribution in [0.2, 0.25) is 0 Å². The average molecular weight is 372 g/mol. The predicted octanol–water partition coefficient (Wildman–Crippen LogP) is 3.00. The van der Waals surface area contributed by atoms with E-state index in [-0.39, 0.29) is 17.3 Å². The maximum Gasteiger partial charge on any atom is 0.269 e. The lowest BCUT2D eigenvalue weighted by Crippen LogP contribution is -2.25. The molecule has 0 unspecified atom stereocenters. The Bertz CT molecular complexity index is 776. The van der Waals surface area contributed by atoms with E-state index in [1.165, 1.54) is 36.7 Å². The standard InChI is InChI=1S/C18H20N4O3S/c23-18(13-26-16-5-3-15(4-6-16)22(24)25)20-12-14-7-8-19-17(11-14)21-9-1-2-10-21/h3-8,11H,1-2,9-10,12-13H2,(H,20,23). The highest BCUT2D eigenvalue weighted by Gasteiger charge is 2.13. The van der Waals surface area contributed by atoms with Crippen LogP contribution in [0, 0.1) is 10.1 Å². The van der Waals surface area contributed by atoms with Crippen LogP contribution in [0.1, 0.15) is 18.4 Å². The fourth-order valence-electron chi connectivity index (χ4n) is 2.75. The molecule has 1 aromatic heterocycles. The van der Waals surface area contributed by atoms with Gasteiger partial charge in [-0.25, -0.2) is 4.98 Å². The van der Waals surface area contributed by atoms with Crippen LogP contribution in [0.5, 0.6) is 0 Å². The Kier molecular flexibility index (Phi) is 6.06. The number of non-ortho nitro benzene ring substituents is 1. The number of carbonyl (C=O) groups is 1. The van der Waals surface area contributed by atoms with Crippen molar-refractivity contribution in [3.05, 3.63) is 58.3 Å². The molecule has 0 saturated carbocycles. The first-order valence-electron chi connectivity index (χ1n) is 8.45. The van der Waals surface area contributed by atoms with Crippen molar-refractivity contribution in [2.45, 2.75) is 24.3 Å². The number of nitro benzene ring substituents is 1. The van der Waals surface area contributed by atoms with Crippen LogP contribution in [0.3, 0.4) is 0 Å². The van der Waals surface area contributed by atoms with Gasteiger partial charge in [0.2, 0.25) is 5.91 Å². The highest BCUT2D eigenvalue weighted by molar-refractivity contribution is 8.00. The molecule has 26 heavy (non-hydrogen) atoms. The van der Waals surface area contributed by atoms with Crippen LogP contribution in [0.4, 0.5) is 11.5 Å². The zero-order valence-electron chi connectivity index (χ0n) is 14.3. The van der Waals surface area contributed by atoms with E-state index in [0.717, 1.165) is 29.4 Å². The number of benzene rings is 1. The maximum atomic E-state index is 12.0. The van der Waals surface area contributed by atoms with Crippen LogP contribution >= 0.6 is 11.8 Å². The highest BCUT2D eigenvalue weighted by Crippen LogP contribution is 2.21. The SMILES string of the molecule is O=C(CSc1ccc([N+](=O)[O-])cc1)NCc1ccnc(N2CCCC2)c1. The molecule has 3 rings (SSSR count). The molecule has 0 aliphatic carbocycles. The zero-order chi connectivity index (χ0) is 18.4. The van der Waals surface area contributed by atoms with Crippen LogP contribution in [-0.4, -0.2) is 34.7 Å². The van der Waals surface area contributed by atoms with Gasteiger partial charge in [0.15, 0.2) is 0 Å². The summed E-state index contributed by atoms with van der Waals surface area (Å²) >= 11 is 1.35. The fraction of sp³-hybridized carbons (Fsp3) is 0.333. The molecule has 0 spiro atoms. The second-order valence-corrected chi connectivity index (χ2v) is 7.08. The number of nitrogens with one attached hydrogen (secondary N) is 1. The molecule has 2 heterocycles. The van der Waals surface area contributed by atoms with Gasteiger partial charge in [0.25, 0.3) is 5.69 Å². The molecular formula is C18H20N4O3S. The van der Waals surface area contributed by atoms with Gasteiger partial charge in [-0.1, -0.05) is 0 Å². The Morgan fingerprint density at radius 2 is 1.96 bits per heavy atom. The molecular weight excluding hydrogens is 352 g/mol. The number of thioether (sulfide) groups is 1. The van der Waals surface area contributed by atoms with Gasteiger partial charge in [-0.05, 0) is 42.7 Å². The number of aromatic nitrogens is 1. The Morgan fingerprint density at radius 1 is 1.23 bits per heavy atom. The Morgan fingerprint density at radius 3 is 2.65 bits per heavy atom. The summed E-state index contributed by atoms with van der Waals surface area (Å²) in [6.07, 6.45) is 4.17. The molecule has 0 radical (unpaired) electrons. The molecule has 8 heteroatoms. The molecule has 0 bridgehead atoms. The van der Waals surface area contributed by atoms with Crippen molar-refractivity contribution in [1.82, 2.24) is 10.3 Å². The minimum Gasteiger partial charge on any atom is -0.357 e. The Balaban J connectivity index is 1.46. The Labute approximate surface area is 156 Å². The van der Waals surface area contributed by atoms with Crippen molar-refractivity contribution in [2.75, 3.05) is 23.7 Å². The minimum absolute atomic E-state index is 0.0466. The molecule has 1 aliphatic heterocycles. The summed E-state index contributed by atoms with van der Waals surface area (Å²) in [7, 11) is 0. The number of amides is 1. The highest BCUT2D eigenvalue weighted by atomic mass is 32.2. The summed E-state index contributed by atoms with van der Waals surface area (Å²) in [6.45, 7) is 2.53. The van der Waals surface area contributed by atoms with Gasteiger partial charge in [0.1, 0.15) is 5.82 Å². The molecule has 1 aromatic carbocycles. The van der Waals surface area contributed by atoms with Crippen molar-refractivity contribution >= 4 is 29.2 Å². The van der Waals surface area contributed by atoms with Crippen molar-refractivity contribution in [3.8, 4) is 0 Å². The lowest BCUT2D eigenvalue weighted by molar-refractivity contribution is -0.384. The van der Waals surface area contributed by atoms with Crippen molar-refractivity contribution < 1.29 is 9.72 Å². The van der Waals surface area contributed by atoms with Crippen LogP contribution in [0.25, 0.3) is 0 Å². The largest absolute Gasteiger partial charge is 0.357 e. The number of nitrogens with zero attached hydrogens (tertiary/aromatic N) is 3. The first-order valence-corrected chi connectivity index (χ1v) is 9.44. The van der Waals surface area contributed by atoms with E-state index in [4.69, 9.17) is 0 Å². The molecule has 1 amide bonds. The number of anilines is 1. The van der Waals surface area contributed by atoms with E-state index in [0.29, 0.717) is 6.54 Å². The Hall–Kier alpha value is -2.61. The average Bonchev–Trinajstić information content (AvgIpc) is 3.20. The van der Waals surface area contributed by atoms with E-state index < -0.39 is 4.92 Å². The van der Waals surface area contributed by atoms with Gasteiger partial charge in [-0.15, -0.1) is 11.8 Å². The summed E-state index contributed by atoms with van der Waals surface area (Å²) in [5.41, 5.74) is 1.07. The minimum atomic E-state index is -0.438. The second-order valence-electron chi connectivity index (χ2n) is 6.03. The van der Waals surface area contributed by atoms with Gasteiger partial charge < -0.3 is 10.2 Å². The molecule has 1 N–H and O–H groups in total. The van der Waals surface area contributed by atoms with E-state index in [1.807, 2.05) is 12.1 Å². The quantitative estimate of drug-likeness (QED) is 0.457. The molecule has 1 fully saturated rings. The van der Waals surface area contributed by atoms with Gasteiger partial charge in [0.05, 0.1) is 10.7 Å². The normalized spacial score (nSPS) is 13.6. The number of pyridine rings is 1. The zero-order valence-corrected chi connectivity index (χ0v) is 15.1. The molecule has 7 nitrogen and oxygen atoms in total. The molecule has 1 aliphatic rings. The van der Waals surface area contributed by atoms with Crippen LogP contribution in [0.15, 0.2) is 47.5 Å². The summed E-state index contributed by atoms with van der Waals surface area (Å²) < 4.78 is 0. The smallest absolute Gasteiger partial charge is 0.269 e. The fourth-order valence-corrected chi connectivity index (χ4v) is 3.48. The van der Waals surface area contributed by atoms with Crippen LogP contribution in [-0.2, 0) is 11.3 Å². The maximum absolute atomic E-state index is 12.0. The lowest BCUT2D eigenvalue weighted by Gasteiger charge is -2.17. The summed E-state index contributed by atoms with van der Waals surface area (Å²) in [5.74, 6) is 1.16.